The standard InChI is InChI=1S/C26H26N2O4/c29-19-5-1-17-3-7-25(31)23(21(17)13-19)15-27-9-11-28(12-10-27)16-24-22-14-20(30)6-2-18(22)4-8-26(24)32/h1-8,13-14,29-32H,9-12,15-16H2. The SMILES string of the molecule is Oc1ccc2ccc(O)c(CN3CCN(Cc4c(O)ccc5ccc(O)cc45)CC3)c2c1. The summed E-state index contributed by atoms with van der Waals surface area (Å²) >= 11 is 0. The molecule has 0 unspecified atom stereocenters. The Morgan fingerprint density at radius 3 is 1.31 bits per heavy atom. The first-order valence-electron chi connectivity index (χ1n) is 10.8. The summed E-state index contributed by atoms with van der Waals surface area (Å²) in [7, 11) is 0. The van der Waals surface area contributed by atoms with Gasteiger partial charge in [0, 0.05) is 50.4 Å². The molecule has 0 amide bonds. The molecular weight excluding hydrogens is 404 g/mol. The number of phenols is 4. The topological polar surface area (TPSA) is 87.4 Å². The summed E-state index contributed by atoms with van der Waals surface area (Å²) in [4.78, 5) is 4.59. The lowest BCUT2D eigenvalue weighted by Crippen LogP contribution is -2.45. The monoisotopic (exact) mass is 430 g/mol. The minimum atomic E-state index is 0.190. The molecule has 4 aromatic carbocycles. The zero-order valence-corrected chi connectivity index (χ0v) is 17.7. The predicted octanol–water partition coefficient (Wildman–Crippen LogP) is 4.13. The average molecular weight is 431 g/mol. The van der Waals surface area contributed by atoms with Gasteiger partial charge in [0.2, 0.25) is 0 Å². The fourth-order valence-corrected chi connectivity index (χ4v) is 4.60. The number of phenolic OH excluding ortho intramolecular Hbond substituents is 4. The molecule has 1 fully saturated rings. The molecule has 0 spiro atoms. The molecule has 1 aliphatic rings. The van der Waals surface area contributed by atoms with Crippen molar-refractivity contribution in [3.63, 3.8) is 0 Å². The Kier molecular flexibility index (Phi) is 5.25. The van der Waals surface area contributed by atoms with Crippen LogP contribution in [0.5, 0.6) is 23.0 Å². The van der Waals surface area contributed by atoms with Gasteiger partial charge in [0.15, 0.2) is 0 Å². The minimum absolute atomic E-state index is 0.190. The maximum atomic E-state index is 10.5. The van der Waals surface area contributed by atoms with Gasteiger partial charge in [-0.3, -0.25) is 9.80 Å². The number of nitrogens with zero attached hydrogens (tertiary/aromatic N) is 2. The van der Waals surface area contributed by atoms with Crippen LogP contribution in [-0.2, 0) is 13.1 Å². The van der Waals surface area contributed by atoms with Crippen molar-refractivity contribution in [2.75, 3.05) is 26.2 Å². The highest BCUT2D eigenvalue weighted by Crippen LogP contribution is 2.33. The van der Waals surface area contributed by atoms with Crippen LogP contribution in [0.4, 0.5) is 0 Å². The molecule has 1 saturated heterocycles. The molecule has 164 valence electrons. The molecule has 1 heterocycles. The van der Waals surface area contributed by atoms with Gasteiger partial charge in [0.25, 0.3) is 0 Å². The van der Waals surface area contributed by atoms with Crippen LogP contribution < -0.4 is 0 Å². The molecule has 1 aliphatic heterocycles. The van der Waals surface area contributed by atoms with Crippen molar-refractivity contribution in [2.45, 2.75) is 13.1 Å². The summed E-state index contributed by atoms with van der Waals surface area (Å²) in [6, 6.07) is 17.6. The van der Waals surface area contributed by atoms with Gasteiger partial charge in [-0.1, -0.05) is 24.3 Å². The van der Waals surface area contributed by atoms with E-state index in [1.54, 1.807) is 36.4 Å². The van der Waals surface area contributed by atoms with Crippen LogP contribution in [0.25, 0.3) is 21.5 Å². The molecule has 6 nitrogen and oxygen atoms in total. The first-order valence-corrected chi connectivity index (χ1v) is 10.8. The lowest BCUT2D eigenvalue weighted by atomic mass is 10.0. The van der Waals surface area contributed by atoms with Crippen LogP contribution in [0, 0.1) is 0 Å². The second-order valence-electron chi connectivity index (χ2n) is 8.49. The van der Waals surface area contributed by atoms with Gasteiger partial charge in [0.05, 0.1) is 0 Å². The van der Waals surface area contributed by atoms with Crippen molar-refractivity contribution in [3.8, 4) is 23.0 Å². The van der Waals surface area contributed by atoms with E-state index in [2.05, 4.69) is 9.80 Å². The van der Waals surface area contributed by atoms with Crippen LogP contribution >= 0.6 is 0 Å². The highest BCUT2D eigenvalue weighted by molar-refractivity contribution is 5.89. The van der Waals surface area contributed by atoms with Crippen LogP contribution in [0.15, 0.2) is 60.7 Å². The summed E-state index contributed by atoms with van der Waals surface area (Å²) in [6.07, 6.45) is 0. The van der Waals surface area contributed by atoms with E-state index in [1.807, 2.05) is 24.3 Å². The van der Waals surface area contributed by atoms with Gasteiger partial charge in [-0.05, 0) is 57.9 Å². The molecule has 0 aromatic heterocycles. The third-order valence-electron chi connectivity index (χ3n) is 6.41. The van der Waals surface area contributed by atoms with Crippen molar-refractivity contribution in [1.82, 2.24) is 9.80 Å². The molecule has 4 aromatic rings. The van der Waals surface area contributed by atoms with Crippen molar-refractivity contribution < 1.29 is 20.4 Å². The summed E-state index contributed by atoms with van der Waals surface area (Å²) in [5, 5.41) is 44.4. The van der Waals surface area contributed by atoms with Gasteiger partial charge in [0.1, 0.15) is 23.0 Å². The smallest absolute Gasteiger partial charge is 0.120 e. The van der Waals surface area contributed by atoms with E-state index >= 15 is 0 Å². The second-order valence-corrected chi connectivity index (χ2v) is 8.49. The van der Waals surface area contributed by atoms with Gasteiger partial charge in [-0.2, -0.15) is 0 Å². The molecule has 32 heavy (non-hydrogen) atoms. The van der Waals surface area contributed by atoms with Gasteiger partial charge in [-0.15, -0.1) is 0 Å². The second kappa shape index (κ2) is 8.22. The lowest BCUT2D eigenvalue weighted by Gasteiger charge is -2.35. The van der Waals surface area contributed by atoms with Crippen molar-refractivity contribution in [3.05, 3.63) is 71.8 Å². The summed E-state index contributed by atoms with van der Waals surface area (Å²) in [5.74, 6) is 0.863. The molecular formula is C26H26N2O4. The number of aromatic hydroxyl groups is 4. The zero-order chi connectivity index (χ0) is 22.2. The fourth-order valence-electron chi connectivity index (χ4n) is 4.60. The first-order chi connectivity index (χ1) is 15.5. The quantitative estimate of drug-likeness (QED) is 0.389. The van der Waals surface area contributed by atoms with Crippen molar-refractivity contribution in [2.24, 2.45) is 0 Å². The number of hydrogen-bond donors (Lipinski definition) is 4. The van der Waals surface area contributed by atoms with E-state index in [9.17, 15) is 20.4 Å². The maximum Gasteiger partial charge on any atom is 0.120 e. The highest BCUT2D eigenvalue weighted by atomic mass is 16.3. The number of hydrogen-bond acceptors (Lipinski definition) is 6. The molecule has 0 atom stereocenters. The van der Waals surface area contributed by atoms with E-state index in [0.717, 1.165) is 58.9 Å². The number of fused-ring (bicyclic) bond motifs is 2. The van der Waals surface area contributed by atoms with E-state index in [4.69, 9.17) is 0 Å². The molecule has 0 aliphatic carbocycles. The number of benzene rings is 4. The van der Waals surface area contributed by atoms with Crippen molar-refractivity contribution in [1.29, 1.82) is 0 Å². The normalized spacial score (nSPS) is 15.5. The Labute approximate surface area is 186 Å². The molecule has 4 N–H and O–H groups in total. The van der Waals surface area contributed by atoms with E-state index in [1.165, 1.54) is 0 Å². The minimum Gasteiger partial charge on any atom is -0.508 e. The van der Waals surface area contributed by atoms with E-state index < -0.39 is 0 Å². The molecule has 0 bridgehead atoms. The number of rotatable bonds is 4. The van der Waals surface area contributed by atoms with Crippen LogP contribution in [0.3, 0.4) is 0 Å². The molecule has 6 heteroatoms. The molecule has 0 saturated carbocycles. The summed E-state index contributed by atoms with van der Waals surface area (Å²) < 4.78 is 0. The van der Waals surface area contributed by atoms with E-state index in [0.29, 0.717) is 13.1 Å². The summed E-state index contributed by atoms with van der Waals surface area (Å²) in [6.45, 7) is 4.51. The van der Waals surface area contributed by atoms with Crippen molar-refractivity contribution >= 4 is 21.5 Å². The third-order valence-corrected chi connectivity index (χ3v) is 6.41. The van der Waals surface area contributed by atoms with Crippen LogP contribution in [0.2, 0.25) is 0 Å². The Morgan fingerprint density at radius 1 is 0.531 bits per heavy atom. The number of piperazine rings is 1. The van der Waals surface area contributed by atoms with E-state index in [-0.39, 0.29) is 23.0 Å². The fraction of sp³-hybridized carbons (Fsp3) is 0.231. The molecule has 5 rings (SSSR count). The first kappa shape index (κ1) is 20.4. The Morgan fingerprint density at radius 2 is 0.906 bits per heavy atom. The van der Waals surface area contributed by atoms with Crippen LogP contribution in [-0.4, -0.2) is 56.4 Å². The Hall–Kier alpha value is -3.48. The molecule has 0 radical (unpaired) electrons. The van der Waals surface area contributed by atoms with Gasteiger partial charge >= 0.3 is 0 Å². The predicted molar refractivity (Wildman–Crippen MR) is 125 cm³/mol. The Bertz CT molecular complexity index is 1180. The van der Waals surface area contributed by atoms with Crippen LogP contribution in [0.1, 0.15) is 11.1 Å². The highest BCUT2D eigenvalue weighted by Gasteiger charge is 2.21. The third kappa shape index (κ3) is 3.90. The van der Waals surface area contributed by atoms with Gasteiger partial charge in [-0.25, -0.2) is 0 Å². The van der Waals surface area contributed by atoms with Gasteiger partial charge < -0.3 is 20.4 Å². The maximum absolute atomic E-state index is 10.5. The lowest BCUT2D eigenvalue weighted by molar-refractivity contribution is 0.121. The Balaban J connectivity index is 1.31. The largest absolute Gasteiger partial charge is 0.508 e. The summed E-state index contributed by atoms with van der Waals surface area (Å²) in [5.41, 5.74) is 1.66. The zero-order valence-electron chi connectivity index (χ0n) is 17.7. The average Bonchev–Trinajstić information content (AvgIpc) is 2.79.